The number of nitrogens with zero attached hydrogens (tertiary/aromatic N) is 1. The molecule has 22 heavy (non-hydrogen) atoms. The first-order valence-corrected chi connectivity index (χ1v) is 8.86. The molecule has 2 nitrogen and oxygen atoms in total. The predicted molar refractivity (Wildman–Crippen MR) is 92.9 cm³/mol. The number of aryl methyl sites for hydroxylation is 1. The molecule has 0 radical (unpaired) electrons. The summed E-state index contributed by atoms with van der Waals surface area (Å²) < 4.78 is 1.92. The first-order chi connectivity index (χ1) is 10.8. The fraction of sp³-hybridized carbons (Fsp3) is 0.550. The standard InChI is InChI=1S/C20H30NO/c1-3-4-5-6-7-8-9-12-17-22-21-16-15-18(2)19-13-10-11-14-20(19)21/h10-11,13-16H,3-9,12,17H2,1-2H3/q+1. The molecule has 0 fully saturated rings. The van der Waals surface area contributed by atoms with Crippen LogP contribution in [-0.4, -0.2) is 6.61 Å². The lowest BCUT2D eigenvalue weighted by molar-refractivity contribution is -0.871. The topological polar surface area (TPSA) is 13.1 Å². The molecule has 0 unspecified atom stereocenters. The molecular formula is C20H30NO+. The van der Waals surface area contributed by atoms with Gasteiger partial charge in [0.15, 0.2) is 6.61 Å². The highest BCUT2D eigenvalue weighted by molar-refractivity contribution is 5.78. The molecule has 2 rings (SSSR count). The molecule has 1 heterocycles. The molecule has 0 aliphatic rings. The van der Waals surface area contributed by atoms with Crippen molar-refractivity contribution >= 4 is 10.9 Å². The first kappa shape index (κ1) is 16.8. The summed E-state index contributed by atoms with van der Waals surface area (Å²) in [6, 6.07) is 10.5. The lowest BCUT2D eigenvalue weighted by atomic mass is 10.1. The Morgan fingerprint density at radius 1 is 0.864 bits per heavy atom. The largest absolute Gasteiger partial charge is 0.271 e. The van der Waals surface area contributed by atoms with Crippen molar-refractivity contribution in [3.05, 3.63) is 42.1 Å². The Morgan fingerprint density at radius 3 is 2.32 bits per heavy atom. The van der Waals surface area contributed by atoms with E-state index in [1.54, 1.807) is 0 Å². The highest BCUT2D eigenvalue weighted by Gasteiger charge is 2.11. The molecule has 0 saturated carbocycles. The maximum Gasteiger partial charge on any atom is 0.264 e. The smallest absolute Gasteiger partial charge is 0.264 e. The minimum atomic E-state index is 0.798. The van der Waals surface area contributed by atoms with Crippen molar-refractivity contribution in [3.63, 3.8) is 0 Å². The molecule has 0 N–H and O–H groups in total. The monoisotopic (exact) mass is 300 g/mol. The van der Waals surface area contributed by atoms with Crippen molar-refractivity contribution in [2.24, 2.45) is 0 Å². The van der Waals surface area contributed by atoms with Crippen molar-refractivity contribution in [1.29, 1.82) is 0 Å². The number of aromatic nitrogens is 1. The fourth-order valence-corrected chi connectivity index (χ4v) is 2.86. The summed E-state index contributed by atoms with van der Waals surface area (Å²) in [4.78, 5) is 5.94. The van der Waals surface area contributed by atoms with Crippen LogP contribution in [0.1, 0.15) is 63.9 Å². The van der Waals surface area contributed by atoms with Gasteiger partial charge in [-0.05, 0) is 31.4 Å². The summed E-state index contributed by atoms with van der Waals surface area (Å²) in [5, 5.41) is 1.26. The zero-order chi connectivity index (χ0) is 15.6. The third-order valence-electron chi connectivity index (χ3n) is 4.25. The van der Waals surface area contributed by atoms with E-state index in [0.717, 1.165) is 18.5 Å². The zero-order valence-electron chi connectivity index (χ0n) is 14.2. The minimum absolute atomic E-state index is 0.798. The van der Waals surface area contributed by atoms with Gasteiger partial charge in [-0.1, -0.05) is 57.6 Å². The molecular weight excluding hydrogens is 270 g/mol. The molecule has 0 spiro atoms. The number of para-hydroxylation sites is 1. The van der Waals surface area contributed by atoms with E-state index in [1.165, 1.54) is 55.9 Å². The van der Waals surface area contributed by atoms with E-state index in [4.69, 9.17) is 4.84 Å². The van der Waals surface area contributed by atoms with Crippen molar-refractivity contribution in [3.8, 4) is 0 Å². The Balaban J connectivity index is 1.71. The molecule has 2 heteroatoms. The number of rotatable bonds is 10. The second-order valence-electron chi connectivity index (χ2n) is 6.15. The number of unbranched alkanes of at least 4 members (excludes halogenated alkanes) is 7. The van der Waals surface area contributed by atoms with Gasteiger partial charge in [-0.2, -0.15) is 0 Å². The molecule has 0 aliphatic heterocycles. The number of hydrogen-bond donors (Lipinski definition) is 0. The van der Waals surface area contributed by atoms with Gasteiger partial charge in [0, 0.05) is 16.9 Å². The van der Waals surface area contributed by atoms with Gasteiger partial charge in [0.25, 0.3) is 5.52 Å². The van der Waals surface area contributed by atoms with Crippen LogP contribution in [0.3, 0.4) is 0 Å². The first-order valence-electron chi connectivity index (χ1n) is 8.86. The summed E-state index contributed by atoms with van der Waals surface area (Å²) in [5.74, 6) is 0. The van der Waals surface area contributed by atoms with Crippen molar-refractivity contribution in [2.75, 3.05) is 6.61 Å². The quantitative estimate of drug-likeness (QED) is 0.444. The summed E-state index contributed by atoms with van der Waals surface area (Å²) in [5.41, 5.74) is 2.45. The van der Waals surface area contributed by atoms with Crippen molar-refractivity contribution in [1.82, 2.24) is 0 Å². The van der Waals surface area contributed by atoms with Gasteiger partial charge in [0.2, 0.25) is 6.20 Å². The predicted octanol–water partition coefficient (Wildman–Crippen LogP) is 5.01. The molecule has 0 saturated heterocycles. The second kappa shape index (κ2) is 9.45. The van der Waals surface area contributed by atoms with Crippen LogP contribution in [0, 0.1) is 6.92 Å². The van der Waals surface area contributed by atoms with Crippen LogP contribution in [0.5, 0.6) is 0 Å². The molecule has 120 valence electrons. The van der Waals surface area contributed by atoms with Gasteiger partial charge in [-0.15, -0.1) is 0 Å². The molecule has 0 atom stereocenters. The van der Waals surface area contributed by atoms with Crippen LogP contribution in [0.15, 0.2) is 36.5 Å². The van der Waals surface area contributed by atoms with Crippen LogP contribution in [0.2, 0.25) is 0 Å². The average Bonchev–Trinajstić information content (AvgIpc) is 2.55. The van der Waals surface area contributed by atoms with Gasteiger partial charge >= 0.3 is 0 Å². The van der Waals surface area contributed by atoms with Gasteiger partial charge in [0.1, 0.15) is 0 Å². The number of fused-ring (bicyclic) bond motifs is 1. The average molecular weight is 300 g/mol. The SMILES string of the molecule is CCCCCCCCCCO[n+]1ccc(C)c2ccccc21. The number of pyridine rings is 1. The molecule has 0 amide bonds. The van der Waals surface area contributed by atoms with Crippen LogP contribution < -0.4 is 9.57 Å². The van der Waals surface area contributed by atoms with E-state index >= 15 is 0 Å². The van der Waals surface area contributed by atoms with E-state index in [-0.39, 0.29) is 0 Å². The normalized spacial score (nSPS) is 11.0. The Kier molecular flexibility index (Phi) is 7.21. The summed E-state index contributed by atoms with van der Waals surface area (Å²) in [6.45, 7) is 5.21. The Morgan fingerprint density at radius 2 is 1.55 bits per heavy atom. The number of benzene rings is 1. The van der Waals surface area contributed by atoms with E-state index in [1.807, 2.05) is 10.9 Å². The van der Waals surface area contributed by atoms with Gasteiger partial charge < -0.3 is 0 Å². The highest BCUT2D eigenvalue weighted by Crippen LogP contribution is 2.13. The van der Waals surface area contributed by atoms with Gasteiger partial charge in [-0.25, -0.2) is 0 Å². The van der Waals surface area contributed by atoms with Crippen LogP contribution in [-0.2, 0) is 0 Å². The van der Waals surface area contributed by atoms with Crippen LogP contribution in [0.4, 0.5) is 0 Å². The Bertz CT molecular complexity index is 565. The maximum absolute atomic E-state index is 5.94. The van der Waals surface area contributed by atoms with E-state index in [2.05, 4.69) is 44.2 Å². The van der Waals surface area contributed by atoms with Crippen molar-refractivity contribution < 1.29 is 9.57 Å². The Hall–Kier alpha value is -1.57. The molecule has 1 aromatic heterocycles. The lowest BCUT2D eigenvalue weighted by Crippen LogP contribution is -2.43. The van der Waals surface area contributed by atoms with E-state index in [0.29, 0.717) is 0 Å². The Labute approximate surface area is 135 Å². The lowest BCUT2D eigenvalue weighted by Gasteiger charge is -2.04. The van der Waals surface area contributed by atoms with E-state index < -0.39 is 0 Å². The molecule has 1 aromatic carbocycles. The summed E-state index contributed by atoms with van der Waals surface area (Å²) in [7, 11) is 0. The zero-order valence-corrected chi connectivity index (χ0v) is 14.2. The molecule has 0 bridgehead atoms. The second-order valence-corrected chi connectivity index (χ2v) is 6.15. The third-order valence-corrected chi connectivity index (χ3v) is 4.25. The molecule has 0 aliphatic carbocycles. The van der Waals surface area contributed by atoms with Crippen LogP contribution in [0.25, 0.3) is 10.9 Å². The van der Waals surface area contributed by atoms with Crippen LogP contribution >= 0.6 is 0 Å². The highest BCUT2D eigenvalue weighted by atomic mass is 16.7. The summed E-state index contributed by atoms with van der Waals surface area (Å²) >= 11 is 0. The third kappa shape index (κ3) is 5.01. The van der Waals surface area contributed by atoms with Gasteiger partial charge in [0.05, 0.1) is 5.39 Å². The number of hydrogen-bond acceptors (Lipinski definition) is 1. The van der Waals surface area contributed by atoms with Gasteiger partial charge in [-0.3, -0.25) is 4.84 Å². The maximum atomic E-state index is 5.94. The fourth-order valence-electron chi connectivity index (χ4n) is 2.86. The minimum Gasteiger partial charge on any atom is -0.271 e. The van der Waals surface area contributed by atoms with Crippen molar-refractivity contribution in [2.45, 2.75) is 65.2 Å². The van der Waals surface area contributed by atoms with E-state index in [9.17, 15) is 0 Å². The molecule has 2 aromatic rings. The summed E-state index contributed by atoms with van der Waals surface area (Å²) in [6.07, 6.45) is 12.7.